The highest BCUT2D eigenvalue weighted by Gasteiger charge is 2.45. The van der Waals surface area contributed by atoms with E-state index in [4.69, 9.17) is 0 Å². The average molecular weight is 616 g/mol. The summed E-state index contributed by atoms with van der Waals surface area (Å²) in [5.74, 6) is -1.89. The van der Waals surface area contributed by atoms with Crippen LogP contribution in [-0.4, -0.2) is 55.4 Å². The zero-order valence-corrected chi connectivity index (χ0v) is 25.5. The van der Waals surface area contributed by atoms with Crippen molar-refractivity contribution in [2.45, 2.75) is 51.4 Å². The summed E-state index contributed by atoms with van der Waals surface area (Å²) in [5, 5.41) is 41.4. The molecule has 0 aromatic heterocycles. The predicted molar refractivity (Wildman–Crippen MR) is 169 cm³/mol. The number of nitrogens with zero attached hydrogens (tertiary/aromatic N) is 4. The van der Waals surface area contributed by atoms with E-state index in [2.05, 4.69) is 0 Å². The van der Waals surface area contributed by atoms with Gasteiger partial charge < -0.3 is 15.1 Å². The zero-order chi connectivity index (χ0) is 33.1. The first-order chi connectivity index (χ1) is 21.2. The Labute approximate surface area is 259 Å². The fraction of sp³-hybridized carbons (Fsp3) is 0.303. The van der Waals surface area contributed by atoms with Gasteiger partial charge in [0.25, 0.3) is 11.4 Å². The van der Waals surface area contributed by atoms with E-state index in [1.54, 1.807) is 30.4 Å². The van der Waals surface area contributed by atoms with Crippen LogP contribution >= 0.6 is 0 Å². The fourth-order valence-electron chi connectivity index (χ4n) is 5.94. The molecule has 0 saturated heterocycles. The maximum absolute atomic E-state index is 11.4. The second kappa shape index (κ2) is 12.7. The molecule has 2 aromatic rings. The second-order valence-corrected chi connectivity index (χ2v) is 11.8. The number of aliphatic carboxylic acids is 2. The Kier molecular flexibility index (Phi) is 9.17. The maximum atomic E-state index is 11.4. The molecule has 12 heteroatoms. The third-order valence-corrected chi connectivity index (χ3v) is 8.22. The number of carboxylic acids is 2. The molecule has 234 valence electrons. The molecule has 2 heterocycles. The van der Waals surface area contributed by atoms with Gasteiger partial charge in [0.1, 0.15) is 6.42 Å². The quantitative estimate of drug-likeness (QED) is 0.123. The lowest BCUT2D eigenvalue weighted by atomic mass is 9.81. The molecule has 0 radical (unpaired) electrons. The molecule has 0 bridgehead atoms. The van der Waals surface area contributed by atoms with E-state index in [9.17, 15) is 40.0 Å². The Morgan fingerprint density at radius 1 is 0.822 bits per heavy atom. The number of hydrogen-bond donors (Lipinski definition) is 2. The van der Waals surface area contributed by atoms with Gasteiger partial charge in [-0.15, -0.1) is 0 Å². The van der Waals surface area contributed by atoms with Crippen molar-refractivity contribution in [2.24, 2.45) is 0 Å². The molecule has 0 unspecified atom stereocenters. The van der Waals surface area contributed by atoms with Crippen LogP contribution in [0.4, 0.5) is 22.7 Å². The highest BCUT2D eigenvalue weighted by atomic mass is 16.6. The SMILES string of the molecule is CC1(C)C(/C=C/C=C/C=C/C=C2/N(CCC(=O)O)c3ccc([N+](=O)[O-])cc3C2(C)C)=[N+](CCC(=O)O)c2ccc([N+](=O)[O-])cc21. The molecule has 2 aliphatic heterocycles. The molecule has 2 N–H and O–H groups in total. The third kappa shape index (κ3) is 6.59. The topological polar surface area (TPSA) is 167 Å². The summed E-state index contributed by atoms with van der Waals surface area (Å²) in [4.78, 5) is 46.5. The number of rotatable bonds is 12. The minimum absolute atomic E-state index is 0.0299. The minimum atomic E-state index is -0.945. The smallest absolute Gasteiger partial charge is 0.309 e. The highest BCUT2D eigenvalue weighted by molar-refractivity contribution is 6.03. The predicted octanol–water partition coefficient (Wildman–Crippen LogP) is 6.18. The summed E-state index contributed by atoms with van der Waals surface area (Å²) in [6.07, 6.45) is 12.6. The van der Waals surface area contributed by atoms with Gasteiger partial charge in [0.15, 0.2) is 12.3 Å². The summed E-state index contributed by atoms with van der Waals surface area (Å²) in [6.45, 7) is 8.19. The first-order valence-corrected chi connectivity index (χ1v) is 14.3. The molecule has 12 nitrogen and oxygen atoms in total. The van der Waals surface area contributed by atoms with Crippen LogP contribution in [0.15, 0.2) is 84.6 Å². The number of non-ortho nitro benzene ring substituents is 2. The van der Waals surface area contributed by atoms with Gasteiger partial charge >= 0.3 is 11.9 Å². The number of fused-ring (bicyclic) bond motifs is 2. The van der Waals surface area contributed by atoms with E-state index in [-0.39, 0.29) is 37.3 Å². The second-order valence-electron chi connectivity index (χ2n) is 11.8. The highest BCUT2D eigenvalue weighted by Crippen LogP contribution is 2.49. The Morgan fingerprint density at radius 3 is 2.02 bits per heavy atom. The van der Waals surface area contributed by atoms with Crippen LogP contribution in [0.5, 0.6) is 0 Å². The lowest BCUT2D eigenvalue weighted by Gasteiger charge is -2.26. The van der Waals surface area contributed by atoms with Crippen molar-refractivity contribution in [1.29, 1.82) is 0 Å². The van der Waals surface area contributed by atoms with Crippen molar-refractivity contribution in [3.05, 3.63) is 116 Å². The fourth-order valence-corrected chi connectivity index (χ4v) is 5.94. The van der Waals surface area contributed by atoms with E-state index >= 15 is 0 Å². The molecule has 2 aliphatic rings. The first-order valence-electron chi connectivity index (χ1n) is 14.3. The normalized spacial score (nSPS) is 17.5. The molecule has 2 aromatic carbocycles. The molecule has 0 aliphatic carbocycles. The number of carbonyl (C=O) groups is 2. The van der Waals surface area contributed by atoms with E-state index in [1.807, 2.05) is 61.5 Å². The van der Waals surface area contributed by atoms with Crippen molar-refractivity contribution in [3.8, 4) is 0 Å². The van der Waals surface area contributed by atoms with Gasteiger partial charge in [0.05, 0.1) is 21.7 Å². The Balaban J connectivity index is 1.59. The summed E-state index contributed by atoms with van der Waals surface area (Å²) < 4.78 is 1.88. The molecule has 0 fully saturated rings. The minimum Gasteiger partial charge on any atom is -0.481 e. The maximum Gasteiger partial charge on any atom is 0.309 e. The number of nitro benzene ring substituents is 2. The summed E-state index contributed by atoms with van der Waals surface area (Å²) in [6, 6.07) is 9.23. The van der Waals surface area contributed by atoms with Crippen molar-refractivity contribution in [3.63, 3.8) is 0 Å². The average Bonchev–Trinajstić information content (AvgIpc) is 3.31. The van der Waals surface area contributed by atoms with Gasteiger partial charge in [-0.25, -0.2) is 0 Å². The molecule has 45 heavy (non-hydrogen) atoms. The Bertz CT molecular complexity index is 1730. The van der Waals surface area contributed by atoms with Crippen LogP contribution in [0.2, 0.25) is 0 Å². The standard InChI is InChI=1S/C33H34N4O8/c1-32(2)24-20-22(36(42)43)12-14-26(24)34(18-16-30(38)39)28(32)10-8-6-5-7-9-11-29-33(3,4)25-21-23(37(44)45)13-15-27(25)35(29)19-17-31(40)41/h5-15,20-21H,16-19H2,1-4H3,(H-,38,39,40,41)/p+1. The van der Waals surface area contributed by atoms with Gasteiger partial charge in [-0.2, -0.15) is 4.58 Å². The van der Waals surface area contributed by atoms with Crippen molar-refractivity contribution < 1.29 is 34.2 Å². The van der Waals surface area contributed by atoms with Crippen molar-refractivity contribution in [2.75, 3.05) is 18.0 Å². The van der Waals surface area contributed by atoms with Gasteiger partial charge in [0, 0.05) is 65.3 Å². The molecular formula is C33H35N4O8+. The molecular weight excluding hydrogens is 580 g/mol. The van der Waals surface area contributed by atoms with Crippen molar-refractivity contribution >= 4 is 40.4 Å². The van der Waals surface area contributed by atoms with Gasteiger partial charge in [-0.3, -0.25) is 29.8 Å². The molecule has 0 saturated carbocycles. The molecule has 0 amide bonds. The number of hydrogen-bond acceptors (Lipinski definition) is 7. The van der Waals surface area contributed by atoms with Gasteiger partial charge in [0.2, 0.25) is 5.69 Å². The van der Waals surface area contributed by atoms with Crippen LogP contribution in [-0.2, 0) is 20.4 Å². The summed E-state index contributed by atoms with van der Waals surface area (Å²) >= 11 is 0. The number of carboxylic acid groups (broad SMARTS) is 2. The van der Waals surface area contributed by atoms with Crippen molar-refractivity contribution in [1.82, 2.24) is 0 Å². The Morgan fingerprint density at radius 2 is 1.40 bits per heavy atom. The zero-order valence-electron chi connectivity index (χ0n) is 25.5. The van der Waals surface area contributed by atoms with E-state index in [0.29, 0.717) is 0 Å². The van der Waals surface area contributed by atoms with Crippen LogP contribution in [0.25, 0.3) is 0 Å². The van der Waals surface area contributed by atoms with Crippen LogP contribution in [0.1, 0.15) is 51.7 Å². The first kappa shape index (κ1) is 32.5. The third-order valence-electron chi connectivity index (χ3n) is 8.22. The van der Waals surface area contributed by atoms with Crippen LogP contribution in [0.3, 0.4) is 0 Å². The van der Waals surface area contributed by atoms with Gasteiger partial charge in [-0.1, -0.05) is 44.2 Å². The summed E-state index contributed by atoms with van der Waals surface area (Å²) in [5.41, 5.74) is 3.30. The van der Waals surface area contributed by atoms with Crippen LogP contribution in [0, 0.1) is 20.2 Å². The van der Waals surface area contributed by atoms with Crippen LogP contribution < -0.4 is 4.90 Å². The van der Waals surface area contributed by atoms with E-state index < -0.39 is 32.6 Å². The summed E-state index contributed by atoms with van der Waals surface area (Å²) in [7, 11) is 0. The number of allylic oxidation sites excluding steroid dienone is 8. The molecule has 4 rings (SSSR count). The largest absolute Gasteiger partial charge is 0.481 e. The van der Waals surface area contributed by atoms with Gasteiger partial charge in [-0.05, 0) is 31.6 Å². The number of anilines is 1. The number of benzene rings is 2. The molecule has 0 spiro atoms. The Hall–Kier alpha value is -5.39. The lowest BCUT2D eigenvalue weighted by Crippen LogP contribution is -2.28. The van der Waals surface area contributed by atoms with E-state index in [0.717, 1.165) is 33.9 Å². The lowest BCUT2D eigenvalue weighted by molar-refractivity contribution is -0.436. The molecule has 0 atom stereocenters. The number of nitro groups is 2. The van der Waals surface area contributed by atoms with E-state index in [1.165, 1.54) is 24.3 Å². The monoisotopic (exact) mass is 615 g/mol.